The Bertz CT molecular complexity index is 869. The van der Waals surface area contributed by atoms with Crippen LogP contribution in [-0.2, 0) is 10.2 Å². The highest BCUT2D eigenvalue weighted by Crippen LogP contribution is 2.30. The molecule has 0 aliphatic rings. The molecule has 1 amide bonds. The van der Waals surface area contributed by atoms with Gasteiger partial charge in [0.2, 0.25) is 0 Å². The highest BCUT2D eigenvalue weighted by atomic mass is 32.2. The van der Waals surface area contributed by atoms with Crippen LogP contribution in [-0.4, -0.2) is 38.3 Å². The summed E-state index contributed by atoms with van der Waals surface area (Å²) in [4.78, 5) is 15.7. The van der Waals surface area contributed by atoms with Gasteiger partial charge in [0.1, 0.15) is 10.8 Å². The zero-order valence-corrected chi connectivity index (χ0v) is 16.3. The molecule has 0 saturated carbocycles. The van der Waals surface area contributed by atoms with Gasteiger partial charge < -0.3 is 15.2 Å². The van der Waals surface area contributed by atoms with E-state index in [1.54, 1.807) is 7.11 Å². The molecule has 0 aliphatic carbocycles. The first-order valence-corrected chi connectivity index (χ1v) is 10.6. The lowest BCUT2D eigenvalue weighted by Gasteiger charge is -2.14. The lowest BCUT2D eigenvalue weighted by molar-refractivity contribution is 0.188. The average Bonchev–Trinajstić information content (AvgIpc) is 3.09. The fourth-order valence-electron chi connectivity index (χ4n) is 2.47. The second-order valence-electron chi connectivity index (χ2n) is 5.75. The minimum atomic E-state index is -3.71. The van der Waals surface area contributed by atoms with Crippen molar-refractivity contribution in [2.24, 2.45) is 5.14 Å². The first kappa shape index (κ1) is 21.1. The molecule has 0 aliphatic heterocycles. The van der Waals surface area contributed by atoms with Crippen molar-refractivity contribution in [3.63, 3.8) is 0 Å². The van der Waals surface area contributed by atoms with Crippen LogP contribution >= 0.6 is 11.3 Å². The summed E-state index contributed by atoms with van der Waals surface area (Å²) in [5.74, 6) is 0.715. The fraction of sp³-hybridized carbons (Fsp3) is 0.375. The summed E-state index contributed by atoms with van der Waals surface area (Å²) in [6.45, 7) is 0.199. The Morgan fingerprint density at radius 2 is 2.19 bits per heavy atom. The molecule has 1 aromatic carbocycles. The van der Waals surface area contributed by atoms with Crippen molar-refractivity contribution < 1.29 is 23.1 Å². The van der Waals surface area contributed by atoms with E-state index in [4.69, 9.17) is 15.0 Å². The van der Waals surface area contributed by atoms with Gasteiger partial charge in [0.15, 0.2) is 0 Å². The van der Waals surface area contributed by atoms with Gasteiger partial charge in [-0.2, -0.15) is 8.42 Å². The van der Waals surface area contributed by atoms with Gasteiger partial charge in [-0.1, -0.05) is 12.1 Å². The van der Waals surface area contributed by atoms with Crippen LogP contribution in [0, 0.1) is 0 Å². The Morgan fingerprint density at radius 3 is 2.85 bits per heavy atom. The molecule has 0 bridgehead atoms. The topological polar surface area (TPSA) is 144 Å². The number of benzene rings is 1. The number of hydrogen-bond donors (Lipinski definition) is 4. The highest BCUT2D eigenvalue weighted by Gasteiger charge is 2.18. The van der Waals surface area contributed by atoms with Crippen molar-refractivity contribution in [1.29, 1.82) is 0 Å². The van der Waals surface area contributed by atoms with E-state index in [9.17, 15) is 13.2 Å². The SMILES string of the molecule is COc1cccc(-c2nc(C(CCCCNS(N)(=O)=O)NC(=O)O)cs2)c1. The van der Waals surface area contributed by atoms with Crippen molar-refractivity contribution in [3.05, 3.63) is 35.3 Å². The number of aromatic nitrogens is 1. The molecular formula is C16H22N4O5S2. The van der Waals surface area contributed by atoms with E-state index < -0.39 is 22.3 Å². The van der Waals surface area contributed by atoms with Crippen molar-refractivity contribution in [3.8, 4) is 16.3 Å². The smallest absolute Gasteiger partial charge is 0.405 e. The number of nitrogens with one attached hydrogen (secondary N) is 2. The summed E-state index contributed by atoms with van der Waals surface area (Å²) in [5, 5.41) is 19.0. The van der Waals surface area contributed by atoms with Gasteiger partial charge in [0, 0.05) is 17.5 Å². The van der Waals surface area contributed by atoms with Crippen LogP contribution in [0.1, 0.15) is 31.0 Å². The number of methoxy groups -OCH3 is 1. The van der Waals surface area contributed by atoms with Crippen LogP contribution in [0.2, 0.25) is 0 Å². The normalized spacial score (nSPS) is 12.5. The monoisotopic (exact) mass is 414 g/mol. The quantitative estimate of drug-likeness (QED) is 0.438. The van der Waals surface area contributed by atoms with Crippen molar-refractivity contribution in [1.82, 2.24) is 15.0 Å². The van der Waals surface area contributed by atoms with Gasteiger partial charge >= 0.3 is 6.09 Å². The lowest BCUT2D eigenvalue weighted by Crippen LogP contribution is -2.31. The van der Waals surface area contributed by atoms with Crippen molar-refractivity contribution >= 4 is 27.6 Å². The molecule has 11 heteroatoms. The first-order chi connectivity index (χ1) is 12.8. The highest BCUT2D eigenvalue weighted by molar-refractivity contribution is 7.87. The van der Waals surface area contributed by atoms with E-state index in [0.717, 1.165) is 10.6 Å². The van der Waals surface area contributed by atoms with Gasteiger partial charge in [-0.25, -0.2) is 19.6 Å². The van der Waals surface area contributed by atoms with Crippen molar-refractivity contribution in [2.45, 2.75) is 25.3 Å². The number of nitrogens with zero attached hydrogens (tertiary/aromatic N) is 1. The van der Waals surface area contributed by atoms with Gasteiger partial charge in [-0.05, 0) is 31.4 Å². The molecule has 0 fully saturated rings. The maximum Gasteiger partial charge on any atom is 0.405 e. The van der Waals surface area contributed by atoms with E-state index in [1.165, 1.54) is 11.3 Å². The zero-order chi connectivity index (χ0) is 19.9. The third-order valence-electron chi connectivity index (χ3n) is 3.72. The maximum atomic E-state index is 11.1. The second kappa shape index (κ2) is 9.65. The Kier molecular flexibility index (Phi) is 7.54. The Morgan fingerprint density at radius 1 is 1.41 bits per heavy atom. The minimum Gasteiger partial charge on any atom is -0.497 e. The van der Waals surface area contributed by atoms with E-state index in [0.29, 0.717) is 30.7 Å². The molecule has 2 aromatic rings. The van der Waals surface area contributed by atoms with Crippen LogP contribution in [0.15, 0.2) is 29.6 Å². The van der Waals surface area contributed by atoms with Crippen LogP contribution < -0.4 is 19.9 Å². The summed E-state index contributed by atoms with van der Waals surface area (Å²) in [5.41, 5.74) is 1.51. The number of nitrogens with two attached hydrogens (primary N) is 1. The molecule has 1 heterocycles. The predicted molar refractivity (Wildman–Crippen MR) is 103 cm³/mol. The molecule has 5 N–H and O–H groups in total. The zero-order valence-electron chi connectivity index (χ0n) is 14.7. The Balaban J connectivity index is 2.03. The van der Waals surface area contributed by atoms with Crippen LogP contribution in [0.25, 0.3) is 10.6 Å². The Labute approximate surface area is 161 Å². The third-order valence-corrected chi connectivity index (χ3v) is 5.23. The van der Waals surface area contributed by atoms with Gasteiger partial charge in [0.25, 0.3) is 10.2 Å². The molecule has 0 radical (unpaired) electrons. The molecular weight excluding hydrogens is 392 g/mol. The molecule has 0 spiro atoms. The molecule has 1 atom stereocenters. The van der Waals surface area contributed by atoms with Crippen LogP contribution in [0.5, 0.6) is 5.75 Å². The van der Waals surface area contributed by atoms with Gasteiger partial charge in [-0.15, -0.1) is 11.3 Å². The van der Waals surface area contributed by atoms with Gasteiger partial charge in [0.05, 0.1) is 18.8 Å². The lowest BCUT2D eigenvalue weighted by atomic mass is 10.1. The minimum absolute atomic E-state index is 0.199. The van der Waals surface area contributed by atoms with E-state index in [1.807, 2.05) is 29.6 Å². The van der Waals surface area contributed by atoms with Crippen LogP contribution in [0.4, 0.5) is 4.79 Å². The standard InChI is InChI=1S/C16H22N4O5S2/c1-25-12-6-4-5-11(9-12)15-19-14(10-26-15)13(20-16(21)22)7-2-3-8-18-27(17,23)24/h4-6,9-10,13,18,20H,2-3,7-8H2,1H3,(H,21,22)(H2,17,23,24). The number of hydrogen-bond acceptors (Lipinski definition) is 6. The molecule has 2 rings (SSSR count). The number of unbranched alkanes of at least 4 members (excludes halogenated alkanes) is 1. The molecule has 9 nitrogen and oxygen atoms in total. The fourth-order valence-corrected chi connectivity index (χ4v) is 3.77. The van der Waals surface area contributed by atoms with E-state index in [-0.39, 0.29) is 6.54 Å². The van der Waals surface area contributed by atoms with E-state index >= 15 is 0 Å². The number of carboxylic acid groups (broad SMARTS) is 1. The number of carbonyl (C=O) groups is 1. The Hall–Kier alpha value is -2.21. The molecule has 27 heavy (non-hydrogen) atoms. The molecule has 1 aromatic heterocycles. The van der Waals surface area contributed by atoms with Gasteiger partial charge in [-0.3, -0.25) is 0 Å². The number of rotatable bonds is 10. The largest absolute Gasteiger partial charge is 0.497 e. The molecule has 0 saturated heterocycles. The molecule has 1 unspecified atom stereocenters. The predicted octanol–water partition coefficient (Wildman–Crippen LogP) is 2.09. The number of amides is 1. The molecule has 148 valence electrons. The summed E-state index contributed by atoms with van der Waals surface area (Å²) in [7, 11) is -2.12. The first-order valence-electron chi connectivity index (χ1n) is 8.15. The summed E-state index contributed by atoms with van der Waals surface area (Å²) < 4.78 is 29.1. The summed E-state index contributed by atoms with van der Waals surface area (Å²) in [6.07, 6.45) is 0.471. The third kappa shape index (κ3) is 7.13. The second-order valence-corrected chi connectivity index (χ2v) is 7.98. The summed E-state index contributed by atoms with van der Waals surface area (Å²) in [6, 6.07) is 6.99. The van der Waals surface area contributed by atoms with Crippen LogP contribution in [0.3, 0.4) is 0 Å². The average molecular weight is 415 g/mol. The number of ether oxygens (including phenoxy) is 1. The number of thiazole rings is 1. The summed E-state index contributed by atoms with van der Waals surface area (Å²) >= 11 is 1.42. The van der Waals surface area contributed by atoms with E-state index in [2.05, 4.69) is 15.0 Å². The maximum absolute atomic E-state index is 11.1. The van der Waals surface area contributed by atoms with Crippen molar-refractivity contribution in [2.75, 3.05) is 13.7 Å².